The Morgan fingerprint density at radius 2 is 1.90 bits per heavy atom. The Hall–Kier alpha value is -2.19. The number of nitrogens with zero attached hydrogens (tertiary/aromatic N) is 1. The maximum Gasteiger partial charge on any atom is 0.115 e. The summed E-state index contributed by atoms with van der Waals surface area (Å²) in [6.45, 7) is 0. The van der Waals surface area contributed by atoms with Crippen LogP contribution in [-0.2, 0) is 12.0 Å². The SMILES string of the molecule is OC1(c2ccc3ncccc3c2)CCc2ccccc21. The van der Waals surface area contributed by atoms with Crippen molar-refractivity contribution in [3.05, 3.63) is 77.5 Å². The number of pyridine rings is 1. The van der Waals surface area contributed by atoms with Gasteiger partial charge in [0.15, 0.2) is 0 Å². The van der Waals surface area contributed by atoms with Gasteiger partial charge in [-0.3, -0.25) is 4.98 Å². The van der Waals surface area contributed by atoms with E-state index in [0.717, 1.165) is 34.9 Å². The van der Waals surface area contributed by atoms with E-state index in [1.54, 1.807) is 6.20 Å². The van der Waals surface area contributed by atoms with Crippen LogP contribution < -0.4 is 0 Å². The summed E-state index contributed by atoms with van der Waals surface area (Å²) < 4.78 is 0. The van der Waals surface area contributed by atoms with Crippen LogP contribution in [0.2, 0.25) is 0 Å². The molecule has 2 aromatic carbocycles. The zero-order chi connectivity index (χ0) is 13.6. The van der Waals surface area contributed by atoms with Gasteiger partial charge in [0.05, 0.1) is 5.52 Å². The highest BCUT2D eigenvalue weighted by molar-refractivity contribution is 5.79. The van der Waals surface area contributed by atoms with Crippen LogP contribution in [0.3, 0.4) is 0 Å². The van der Waals surface area contributed by atoms with Gasteiger partial charge >= 0.3 is 0 Å². The van der Waals surface area contributed by atoms with Gasteiger partial charge in [-0.1, -0.05) is 36.4 Å². The average Bonchev–Trinajstić information content (AvgIpc) is 2.86. The first-order valence-electron chi connectivity index (χ1n) is 6.93. The standard InChI is InChI=1S/C18H15NO/c20-18(10-9-13-4-1-2-6-16(13)18)15-7-8-17-14(12-15)5-3-11-19-17/h1-8,11-12,20H,9-10H2. The Labute approximate surface area is 117 Å². The number of aromatic nitrogens is 1. The van der Waals surface area contributed by atoms with Gasteiger partial charge in [0, 0.05) is 11.6 Å². The van der Waals surface area contributed by atoms with Gasteiger partial charge in [0.25, 0.3) is 0 Å². The van der Waals surface area contributed by atoms with Crippen molar-refractivity contribution in [1.29, 1.82) is 0 Å². The molecule has 1 aromatic heterocycles. The maximum atomic E-state index is 11.2. The maximum absolute atomic E-state index is 11.2. The Morgan fingerprint density at radius 1 is 1.00 bits per heavy atom. The van der Waals surface area contributed by atoms with Crippen LogP contribution in [0.4, 0.5) is 0 Å². The van der Waals surface area contributed by atoms with Crippen molar-refractivity contribution in [2.24, 2.45) is 0 Å². The molecule has 0 fully saturated rings. The van der Waals surface area contributed by atoms with Crippen LogP contribution in [0.15, 0.2) is 60.8 Å². The molecule has 1 aliphatic rings. The summed E-state index contributed by atoms with van der Waals surface area (Å²) in [7, 11) is 0. The fraction of sp³-hybridized carbons (Fsp3) is 0.167. The number of fused-ring (bicyclic) bond motifs is 2. The summed E-state index contributed by atoms with van der Waals surface area (Å²) in [5.41, 5.74) is 3.36. The number of hydrogen-bond acceptors (Lipinski definition) is 2. The van der Waals surface area contributed by atoms with Crippen molar-refractivity contribution in [1.82, 2.24) is 4.98 Å². The second kappa shape index (κ2) is 4.15. The highest BCUT2D eigenvalue weighted by Crippen LogP contribution is 2.42. The Morgan fingerprint density at radius 3 is 2.85 bits per heavy atom. The molecule has 1 aliphatic carbocycles. The van der Waals surface area contributed by atoms with Gasteiger partial charge in [-0.05, 0) is 47.7 Å². The van der Waals surface area contributed by atoms with Gasteiger partial charge < -0.3 is 5.11 Å². The number of hydrogen-bond donors (Lipinski definition) is 1. The normalized spacial score (nSPS) is 21.1. The lowest BCUT2D eigenvalue weighted by molar-refractivity contribution is 0.0831. The smallest absolute Gasteiger partial charge is 0.115 e. The van der Waals surface area contributed by atoms with Gasteiger partial charge in [-0.2, -0.15) is 0 Å². The molecule has 0 aliphatic heterocycles. The molecule has 3 aromatic rings. The third kappa shape index (κ3) is 1.58. The number of aliphatic hydroxyl groups is 1. The molecule has 1 atom stereocenters. The molecule has 1 unspecified atom stereocenters. The monoisotopic (exact) mass is 261 g/mol. The zero-order valence-corrected chi connectivity index (χ0v) is 11.1. The van der Waals surface area contributed by atoms with Crippen LogP contribution in [0.5, 0.6) is 0 Å². The summed E-state index contributed by atoms with van der Waals surface area (Å²) in [4.78, 5) is 4.33. The van der Waals surface area contributed by atoms with Crippen LogP contribution >= 0.6 is 0 Å². The van der Waals surface area contributed by atoms with E-state index in [1.807, 2.05) is 42.5 Å². The van der Waals surface area contributed by atoms with Crippen LogP contribution in [0.1, 0.15) is 23.1 Å². The van der Waals surface area contributed by atoms with E-state index in [1.165, 1.54) is 5.56 Å². The van der Waals surface area contributed by atoms with Gasteiger partial charge in [-0.15, -0.1) is 0 Å². The van der Waals surface area contributed by atoms with Crippen molar-refractivity contribution >= 4 is 10.9 Å². The summed E-state index contributed by atoms with van der Waals surface area (Å²) in [6.07, 6.45) is 3.47. The lowest BCUT2D eigenvalue weighted by Gasteiger charge is -2.25. The Bertz CT molecular complexity index is 796. The number of aryl methyl sites for hydroxylation is 1. The van der Waals surface area contributed by atoms with Crippen molar-refractivity contribution < 1.29 is 5.11 Å². The molecule has 0 saturated carbocycles. The molecule has 0 saturated heterocycles. The molecule has 0 bridgehead atoms. The van der Waals surface area contributed by atoms with E-state index >= 15 is 0 Å². The highest BCUT2D eigenvalue weighted by atomic mass is 16.3. The van der Waals surface area contributed by atoms with E-state index in [-0.39, 0.29) is 0 Å². The first kappa shape index (κ1) is 11.6. The molecule has 4 rings (SSSR count). The lowest BCUT2D eigenvalue weighted by Crippen LogP contribution is -2.23. The third-order valence-corrected chi connectivity index (χ3v) is 4.30. The Balaban J connectivity index is 1.91. The van der Waals surface area contributed by atoms with E-state index < -0.39 is 5.60 Å². The molecule has 0 radical (unpaired) electrons. The van der Waals surface area contributed by atoms with Crippen molar-refractivity contribution in [3.8, 4) is 0 Å². The fourth-order valence-electron chi connectivity index (χ4n) is 3.22. The molecule has 1 N–H and O–H groups in total. The predicted molar refractivity (Wildman–Crippen MR) is 79.5 cm³/mol. The lowest BCUT2D eigenvalue weighted by atomic mass is 9.87. The first-order valence-corrected chi connectivity index (χ1v) is 6.93. The second-order valence-corrected chi connectivity index (χ2v) is 5.43. The molecule has 20 heavy (non-hydrogen) atoms. The number of benzene rings is 2. The summed E-state index contributed by atoms with van der Waals surface area (Å²) >= 11 is 0. The van der Waals surface area contributed by atoms with E-state index in [4.69, 9.17) is 0 Å². The van der Waals surface area contributed by atoms with Crippen molar-refractivity contribution in [2.45, 2.75) is 18.4 Å². The third-order valence-electron chi connectivity index (χ3n) is 4.30. The fourth-order valence-corrected chi connectivity index (χ4v) is 3.22. The van der Waals surface area contributed by atoms with Crippen LogP contribution in [-0.4, -0.2) is 10.1 Å². The quantitative estimate of drug-likeness (QED) is 0.728. The topological polar surface area (TPSA) is 33.1 Å². The minimum atomic E-state index is -0.860. The molecule has 0 amide bonds. The van der Waals surface area contributed by atoms with Gasteiger partial charge in [0.2, 0.25) is 0 Å². The summed E-state index contributed by atoms with van der Waals surface area (Å²) in [5.74, 6) is 0. The minimum Gasteiger partial charge on any atom is -0.380 e. The number of rotatable bonds is 1. The zero-order valence-electron chi connectivity index (χ0n) is 11.1. The minimum absolute atomic E-state index is 0.748. The molecule has 2 nitrogen and oxygen atoms in total. The molecular formula is C18H15NO. The van der Waals surface area contributed by atoms with Crippen LogP contribution in [0, 0.1) is 0 Å². The van der Waals surface area contributed by atoms with Crippen molar-refractivity contribution in [2.75, 3.05) is 0 Å². The van der Waals surface area contributed by atoms with E-state index in [9.17, 15) is 5.11 Å². The largest absolute Gasteiger partial charge is 0.380 e. The molecular weight excluding hydrogens is 246 g/mol. The van der Waals surface area contributed by atoms with Gasteiger partial charge in [0.1, 0.15) is 5.60 Å². The average molecular weight is 261 g/mol. The van der Waals surface area contributed by atoms with Crippen molar-refractivity contribution in [3.63, 3.8) is 0 Å². The first-order chi connectivity index (χ1) is 9.77. The van der Waals surface area contributed by atoms with Crippen LogP contribution in [0.25, 0.3) is 10.9 Å². The second-order valence-electron chi connectivity index (χ2n) is 5.43. The molecule has 0 spiro atoms. The van der Waals surface area contributed by atoms with E-state index in [0.29, 0.717) is 0 Å². The molecule has 1 heterocycles. The highest BCUT2D eigenvalue weighted by Gasteiger charge is 2.37. The molecule has 2 heteroatoms. The van der Waals surface area contributed by atoms with Gasteiger partial charge in [-0.25, -0.2) is 0 Å². The molecule has 98 valence electrons. The van der Waals surface area contributed by atoms with E-state index in [2.05, 4.69) is 17.1 Å². The summed E-state index contributed by atoms with van der Waals surface area (Å²) in [5, 5.41) is 12.2. The Kier molecular flexibility index (Phi) is 2.41. The predicted octanol–water partition coefficient (Wildman–Crippen LogP) is 3.42. The summed E-state index contributed by atoms with van der Waals surface area (Å²) in [6, 6.07) is 18.2.